The molecule has 2 rings (SSSR count). The summed E-state index contributed by atoms with van der Waals surface area (Å²) < 4.78 is 51.4. The number of primary sulfonamides is 1. The minimum absolute atomic E-state index is 0.143. The van der Waals surface area contributed by atoms with Crippen molar-refractivity contribution in [1.29, 1.82) is 0 Å². The lowest BCUT2D eigenvalue weighted by atomic mass is 10.1. The molecular formula is C12H14F2N4O2S. The molecule has 0 aliphatic heterocycles. The molecule has 114 valence electrons. The monoisotopic (exact) mass is 316 g/mol. The Labute approximate surface area is 120 Å². The molecule has 6 nitrogen and oxygen atoms in total. The largest absolute Gasteiger partial charge is 0.300 e. The second-order valence-corrected chi connectivity index (χ2v) is 5.93. The first-order valence-corrected chi connectivity index (χ1v) is 7.77. The van der Waals surface area contributed by atoms with Crippen LogP contribution >= 0.6 is 0 Å². The van der Waals surface area contributed by atoms with Gasteiger partial charge in [-0.25, -0.2) is 22.3 Å². The molecule has 0 saturated carbocycles. The standard InChI is InChI=1S/C12H14F2N4O2S/c1-2-6-18-11(16-17-12(18)21(15,19)20)7-8-9(13)4-3-5-10(8)14/h3-5H,2,6-7H2,1H3,(H2,15,19,20). The van der Waals surface area contributed by atoms with Gasteiger partial charge in [-0.05, 0) is 18.6 Å². The van der Waals surface area contributed by atoms with Crippen molar-refractivity contribution in [1.82, 2.24) is 14.8 Å². The highest BCUT2D eigenvalue weighted by molar-refractivity contribution is 7.89. The highest BCUT2D eigenvalue weighted by atomic mass is 32.2. The fraction of sp³-hybridized carbons (Fsp3) is 0.333. The molecule has 0 amide bonds. The predicted octanol–water partition coefficient (Wildman–Crippen LogP) is 1.20. The van der Waals surface area contributed by atoms with Gasteiger partial charge in [0.15, 0.2) is 0 Å². The van der Waals surface area contributed by atoms with Crippen LogP contribution in [0.2, 0.25) is 0 Å². The molecule has 9 heteroatoms. The van der Waals surface area contributed by atoms with Crippen molar-refractivity contribution in [2.24, 2.45) is 5.14 Å². The van der Waals surface area contributed by atoms with Gasteiger partial charge in [0.2, 0.25) is 0 Å². The number of hydrogen-bond donors (Lipinski definition) is 1. The van der Waals surface area contributed by atoms with E-state index < -0.39 is 26.8 Å². The number of hydrogen-bond acceptors (Lipinski definition) is 4. The van der Waals surface area contributed by atoms with Gasteiger partial charge >= 0.3 is 0 Å². The SMILES string of the molecule is CCCn1c(Cc2c(F)cccc2F)nnc1S(N)(=O)=O. The number of sulfonamides is 1. The molecule has 0 radical (unpaired) electrons. The van der Waals surface area contributed by atoms with E-state index in [9.17, 15) is 17.2 Å². The number of rotatable bonds is 5. The highest BCUT2D eigenvalue weighted by Gasteiger charge is 2.22. The summed E-state index contributed by atoms with van der Waals surface area (Å²) in [6.45, 7) is 2.10. The molecule has 2 aromatic rings. The van der Waals surface area contributed by atoms with Gasteiger partial charge in [-0.2, -0.15) is 0 Å². The Morgan fingerprint density at radius 3 is 2.38 bits per heavy atom. The zero-order chi connectivity index (χ0) is 15.6. The Hall–Kier alpha value is -1.87. The molecule has 0 unspecified atom stereocenters. The van der Waals surface area contributed by atoms with Crippen molar-refractivity contribution in [3.8, 4) is 0 Å². The molecule has 0 bridgehead atoms. The zero-order valence-corrected chi connectivity index (χ0v) is 12.1. The predicted molar refractivity (Wildman–Crippen MR) is 70.9 cm³/mol. The first-order valence-electron chi connectivity index (χ1n) is 6.22. The van der Waals surface area contributed by atoms with E-state index in [0.717, 1.165) is 12.1 Å². The second kappa shape index (κ2) is 5.86. The summed E-state index contributed by atoms with van der Waals surface area (Å²) in [5.74, 6) is -1.30. The van der Waals surface area contributed by atoms with Crippen LogP contribution in [-0.2, 0) is 23.0 Å². The Kier molecular flexibility index (Phi) is 4.33. The molecule has 1 heterocycles. The van der Waals surface area contributed by atoms with E-state index in [1.165, 1.54) is 10.6 Å². The van der Waals surface area contributed by atoms with Crippen LogP contribution in [0.3, 0.4) is 0 Å². The molecule has 0 aliphatic carbocycles. The molecule has 0 fully saturated rings. The van der Waals surface area contributed by atoms with Crippen molar-refractivity contribution < 1.29 is 17.2 Å². The number of benzene rings is 1. The maximum Gasteiger partial charge on any atom is 0.273 e. The Morgan fingerprint density at radius 2 is 1.86 bits per heavy atom. The summed E-state index contributed by atoms with van der Waals surface area (Å²) in [6.07, 6.45) is 0.383. The van der Waals surface area contributed by atoms with Gasteiger partial charge in [-0.3, -0.25) is 0 Å². The maximum absolute atomic E-state index is 13.7. The average Bonchev–Trinajstić information content (AvgIpc) is 2.77. The lowest BCUT2D eigenvalue weighted by Gasteiger charge is -2.09. The molecule has 1 aromatic heterocycles. The van der Waals surface area contributed by atoms with Crippen LogP contribution in [0.5, 0.6) is 0 Å². The first kappa shape index (κ1) is 15.5. The third kappa shape index (κ3) is 3.24. The number of nitrogens with zero attached hydrogens (tertiary/aromatic N) is 3. The molecule has 2 N–H and O–H groups in total. The fourth-order valence-corrected chi connectivity index (χ4v) is 2.63. The quantitative estimate of drug-likeness (QED) is 0.897. The van der Waals surface area contributed by atoms with E-state index in [2.05, 4.69) is 10.2 Å². The van der Waals surface area contributed by atoms with E-state index in [-0.39, 0.29) is 24.4 Å². The minimum Gasteiger partial charge on any atom is -0.300 e. The Morgan fingerprint density at radius 1 is 1.24 bits per heavy atom. The average molecular weight is 316 g/mol. The van der Waals surface area contributed by atoms with Crippen molar-refractivity contribution in [2.75, 3.05) is 0 Å². The van der Waals surface area contributed by atoms with Gasteiger partial charge < -0.3 is 4.57 Å². The molecule has 0 saturated heterocycles. The summed E-state index contributed by atoms with van der Waals surface area (Å²) in [4.78, 5) is 0. The van der Waals surface area contributed by atoms with Crippen LogP contribution in [0.25, 0.3) is 0 Å². The van der Waals surface area contributed by atoms with Crippen LogP contribution in [0.4, 0.5) is 8.78 Å². The molecule has 1 aromatic carbocycles. The summed E-state index contributed by atoms with van der Waals surface area (Å²) in [5.41, 5.74) is -0.191. The number of nitrogens with two attached hydrogens (primary N) is 1. The zero-order valence-electron chi connectivity index (χ0n) is 11.3. The third-order valence-electron chi connectivity index (χ3n) is 2.89. The van der Waals surface area contributed by atoms with E-state index in [4.69, 9.17) is 5.14 Å². The van der Waals surface area contributed by atoms with Crippen LogP contribution in [0.15, 0.2) is 23.4 Å². The molecule has 0 spiro atoms. The lowest BCUT2D eigenvalue weighted by Crippen LogP contribution is -2.19. The third-order valence-corrected chi connectivity index (χ3v) is 3.70. The van der Waals surface area contributed by atoms with E-state index in [1.807, 2.05) is 6.92 Å². The smallest absolute Gasteiger partial charge is 0.273 e. The van der Waals surface area contributed by atoms with Crippen molar-refractivity contribution in [2.45, 2.75) is 31.5 Å². The molecule has 0 atom stereocenters. The lowest BCUT2D eigenvalue weighted by molar-refractivity contribution is 0.538. The van der Waals surface area contributed by atoms with Gasteiger partial charge in [0, 0.05) is 18.5 Å². The molecule has 0 aliphatic rings. The fourth-order valence-electron chi connectivity index (χ4n) is 1.97. The summed E-state index contributed by atoms with van der Waals surface area (Å²) in [5, 5.41) is 11.9. The van der Waals surface area contributed by atoms with Crippen LogP contribution in [-0.4, -0.2) is 23.2 Å². The minimum atomic E-state index is -4.05. The van der Waals surface area contributed by atoms with Gasteiger partial charge in [0.05, 0.1) is 0 Å². The summed E-state index contributed by atoms with van der Waals surface area (Å²) in [6, 6.07) is 3.50. The Bertz CT molecular complexity index is 738. The summed E-state index contributed by atoms with van der Waals surface area (Å²) >= 11 is 0. The van der Waals surface area contributed by atoms with Gasteiger partial charge in [-0.15, -0.1) is 10.2 Å². The van der Waals surface area contributed by atoms with Gasteiger partial charge in [0.25, 0.3) is 15.2 Å². The number of aromatic nitrogens is 3. The van der Waals surface area contributed by atoms with Gasteiger partial charge in [0.1, 0.15) is 17.5 Å². The van der Waals surface area contributed by atoms with Crippen LogP contribution in [0.1, 0.15) is 24.7 Å². The van der Waals surface area contributed by atoms with Crippen molar-refractivity contribution in [3.05, 3.63) is 41.2 Å². The normalized spacial score (nSPS) is 11.8. The van der Waals surface area contributed by atoms with Gasteiger partial charge in [-0.1, -0.05) is 13.0 Å². The van der Waals surface area contributed by atoms with E-state index in [0.29, 0.717) is 6.42 Å². The van der Waals surface area contributed by atoms with Crippen LogP contribution in [0, 0.1) is 11.6 Å². The summed E-state index contributed by atoms with van der Waals surface area (Å²) in [7, 11) is -4.05. The van der Waals surface area contributed by atoms with Crippen molar-refractivity contribution in [3.63, 3.8) is 0 Å². The first-order chi connectivity index (χ1) is 9.84. The highest BCUT2D eigenvalue weighted by Crippen LogP contribution is 2.18. The van der Waals surface area contributed by atoms with Crippen molar-refractivity contribution >= 4 is 10.0 Å². The Balaban J connectivity index is 2.48. The van der Waals surface area contributed by atoms with E-state index in [1.54, 1.807) is 0 Å². The maximum atomic E-state index is 13.7. The van der Waals surface area contributed by atoms with Crippen LogP contribution < -0.4 is 5.14 Å². The molecule has 21 heavy (non-hydrogen) atoms. The van der Waals surface area contributed by atoms with E-state index >= 15 is 0 Å². The molecular weight excluding hydrogens is 302 g/mol. The second-order valence-electron chi connectivity index (χ2n) is 4.47. The number of halogens is 2. The topological polar surface area (TPSA) is 90.9 Å².